The number of aryl methyl sites for hydroxylation is 1. The molecule has 3 aromatic rings. The van der Waals surface area contributed by atoms with E-state index in [1.165, 1.54) is 4.31 Å². The van der Waals surface area contributed by atoms with Crippen LogP contribution >= 0.6 is 0 Å². The number of sulfonamides is 1. The largest absolute Gasteiger partial charge is 0.352 e. The van der Waals surface area contributed by atoms with Gasteiger partial charge in [0.05, 0.1) is 10.6 Å². The zero-order valence-corrected chi connectivity index (χ0v) is 16.4. The average Bonchev–Trinajstić information content (AvgIpc) is 2.75. The van der Waals surface area contributed by atoms with E-state index in [1.54, 1.807) is 24.5 Å². The molecule has 1 aromatic carbocycles. The Balaban J connectivity index is 1.43. The fourth-order valence-electron chi connectivity index (χ4n) is 3.18. The minimum Gasteiger partial charge on any atom is -0.352 e. The number of benzene rings is 1. The zero-order chi connectivity index (χ0) is 19.6. The van der Waals surface area contributed by atoms with E-state index in [1.807, 2.05) is 43.3 Å². The SMILES string of the molecule is Cc1ccc(S(=O)(=O)N2CCN(c3ccc(-c4cccnc4)nn3)CC2)cc1. The molecule has 1 saturated heterocycles. The van der Waals surface area contributed by atoms with Crippen LogP contribution < -0.4 is 4.90 Å². The van der Waals surface area contributed by atoms with Gasteiger partial charge in [-0.15, -0.1) is 10.2 Å². The Kier molecular flexibility index (Phi) is 5.06. The number of hydrogen-bond acceptors (Lipinski definition) is 6. The van der Waals surface area contributed by atoms with Crippen molar-refractivity contribution in [2.75, 3.05) is 31.1 Å². The quantitative estimate of drug-likeness (QED) is 0.675. The molecule has 8 heteroatoms. The third kappa shape index (κ3) is 3.74. The summed E-state index contributed by atoms with van der Waals surface area (Å²) in [6, 6.07) is 14.6. The van der Waals surface area contributed by atoms with Gasteiger partial charge in [0.25, 0.3) is 0 Å². The summed E-state index contributed by atoms with van der Waals surface area (Å²) < 4.78 is 27.2. The van der Waals surface area contributed by atoms with Crippen molar-refractivity contribution >= 4 is 15.8 Å². The number of anilines is 1. The first kappa shape index (κ1) is 18.5. The maximum atomic E-state index is 12.8. The highest BCUT2D eigenvalue weighted by Gasteiger charge is 2.28. The van der Waals surface area contributed by atoms with Crippen molar-refractivity contribution in [3.63, 3.8) is 0 Å². The summed E-state index contributed by atoms with van der Waals surface area (Å²) in [6.45, 7) is 3.93. The van der Waals surface area contributed by atoms with Gasteiger partial charge in [0, 0.05) is 44.1 Å². The summed E-state index contributed by atoms with van der Waals surface area (Å²) in [5.41, 5.74) is 2.71. The minimum atomic E-state index is -3.46. The molecule has 0 bridgehead atoms. The smallest absolute Gasteiger partial charge is 0.243 e. The Hall–Kier alpha value is -2.84. The van der Waals surface area contributed by atoms with Gasteiger partial charge in [0.1, 0.15) is 0 Å². The molecule has 7 nitrogen and oxygen atoms in total. The predicted molar refractivity (Wildman–Crippen MR) is 107 cm³/mol. The number of nitrogens with zero attached hydrogens (tertiary/aromatic N) is 5. The Bertz CT molecular complexity index is 1030. The van der Waals surface area contributed by atoms with Crippen molar-refractivity contribution < 1.29 is 8.42 Å². The summed E-state index contributed by atoms with van der Waals surface area (Å²) in [6.07, 6.45) is 3.47. The van der Waals surface area contributed by atoms with Crippen molar-refractivity contribution in [3.8, 4) is 11.3 Å². The van der Waals surface area contributed by atoms with Crippen LogP contribution in [0.15, 0.2) is 65.8 Å². The second-order valence-electron chi connectivity index (χ2n) is 6.72. The van der Waals surface area contributed by atoms with E-state index in [4.69, 9.17) is 0 Å². The van der Waals surface area contributed by atoms with Crippen LogP contribution in [-0.2, 0) is 10.0 Å². The monoisotopic (exact) mass is 395 g/mol. The molecule has 0 amide bonds. The van der Waals surface area contributed by atoms with Crippen LogP contribution in [0.3, 0.4) is 0 Å². The van der Waals surface area contributed by atoms with Crippen molar-refractivity contribution in [2.45, 2.75) is 11.8 Å². The van der Waals surface area contributed by atoms with Crippen molar-refractivity contribution in [1.29, 1.82) is 0 Å². The lowest BCUT2D eigenvalue weighted by molar-refractivity contribution is 0.383. The van der Waals surface area contributed by atoms with Gasteiger partial charge in [-0.1, -0.05) is 17.7 Å². The molecule has 3 heterocycles. The molecule has 1 fully saturated rings. The number of piperazine rings is 1. The van der Waals surface area contributed by atoms with E-state index in [0.717, 1.165) is 22.6 Å². The molecule has 0 N–H and O–H groups in total. The van der Waals surface area contributed by atoms with Crippen molar-refractivity contribution in [3.05, 3.63) is 66.5 Å². The van der Waals surface area contributed by atoms with Gasteiger partial charge in [-0.3, -0.25) is 4.98 Å². The van der Waals surface area contributed by atoms with Crippen LogP contribution in [0.4, 0.5) is 5.82 Å². The lowest BCUT2D eigenvalue weighted by Gasteiger charge is -2.34. The summed E-state index contributed by atoms with van der Waals surface area (Å²) in [4.78, 5) is 6.49. The van der Waals surface area contributed by atoms with Gasteiger partial charge in [-0.05, 0) is 43.3 Å². The molecular weight excluding hydrogens is 374 g/mol. The summed E-state index contributed by atoms with van der Waals surface area (Å²) in [7, 11) is -3.46. The number of aromatic nitrogens is 3. The normalized spacial score (nSPS) is 15.5. The first-order valence-electron chi connectivity index (χ1n) is 9.10. The van der Waals surface area contributed by atoms with E-state index in [2.05, 4.69) is 20.1 Å². The van der Waals surface area contributed by atoms with E-state index >= 15 is 0 Å². The van der Waals surface area contributed by atoms with Gasteiger partial charge in [0.15, 0.2) is 5.82 Å². The Morgan fingerprint density at radius 2 is 1.64 bits per heavy atom. The Labute approximate surface area is 164 Å². The van der Waals surface area contributed by atoms with Crippen LogP contribution in [0.25, 0.3) is 11.3 Å². The third-order valence-corrected chi connectivity index (χ3v) is 6.74. The molecular formula is C20H21N5O2S. The van der Waals surface area contributed by atoms with Crippen LogP contribution in [-0.4, -0.2) is 54.1 Å². The average molecular weight is 395 g/mol. The molecule has 0 atom stereocenters. The molecule has 2 aromatic heterocycles. The zero-order valence-electron chi connectivity index (χ0n) is 15.6. The van der Waals surface area contributed by atoms with E-state index in [-0.39, 0.29) is 0 Å². The van der Waals surface area contributed by atoms with Crippen LogP contribution in [0.2, 0.25) is 0 Å². The second kappa shape index (κ2) is 7.65. The van der Waals surface area contributed by atoms with Crippen LogP contribution in [0.1, 0.15) is 5.56 Å². The van der Waals surface area contributed by atoms with Gasteiger partial charge in [-0.25, -0.2) is 8.42 Å². The molecule has 0 spiro atoms. The number of hydrogen-bond donors (Lipinski definition) is 0. The molecule has 0 aliphatic carbocycles. The maximum absolute atomic E-state index is 12.8. The highest BCUT2D eigenvalue weighted by Crippen LogP contribution is 2.21. The number of rotatable bonds is 4. The summed E-state index contributed by atoms with van der Waals surface area (Å²) >= 11 is 0. The molecule has 28 heavy (non-hydrogen) atoms. The highest BCUT2D eigenvalue weighted by atomic mass is 32.2. The van der Waals surface area contributed by atoms with Crippen molar-refractivity contribution in [1.82, 2.24) is 19.5 Å². The molecule has 4 rings (SSSR count). The van der Waals surface area contributed by atoms with Crippen LogP contribution in [0, 0.1) is 6.92 Å². The molecule has 144 valence electrons. The fourth-order valence-corrected chi connectivity index (χ4v) is 4.60. The molecule has 1 aliphatic rings. The molecule has 0 unspecified atom stereocenters. The van der Waals surface area contributed by atoms with Crippen molar-refractivity contribution in [2.24, 2.45) is 0 Å². The van der Waals surface area contributed by atoms with Gasteiger partial charge in [-0.2, -0.15) is 4.31 Å². The second-order valence-corrected chi connectivity index (χ2v) is 8.66. The Morgan fingerprint density at radius 3 is 2.25 bits per heavy atom. The summed E-state index contributed by atoms with van der Waals surface area (Å²) in [5.74, 6) is 0.750. The first-order valence-corrected chi connectivity index (χ1v) is 10.5. The topological polar surface area (TPSA) is 79.3 Å². The van der Waals surface area contributed by atoms with E-state index in [9.17, 15) is 8.42 Å². The summed E-state index contributed by atoms with van der Waals surface area (Å²) in [5, 5.41) is 8.60. The molecule has 0 radical (unpaired) electrons. The van der Waals surface area contributed by atoms with Crippen LogP contribution in [0.5, 0.6) is 0 Å². The minimum absolute atomic E-state index is 0.340. The lowest BCUT2D eigenvalue weighted by atomic mass is 10.2. The van der Waals surface area contributed by atoms with E-state index in [0.29, 0.717) is 31.1 Å². The fraction of sp³-hybridized carbons (Fsp3) is 0.250. The van der Waals surface area contributed by atoms with Gasteiger partial charge >= 0.3 is 0 Å². The van der Waals surface area contributed by atoms with Gasteiger partial charge in [0.2, 0.25) is 10.0 Å². The lowest BCUT2D eigenvalue weighted by Crippen LogP contribution is -2.49. The third-order valence-electron chi connectivity index (χ3n) is 4.83. The molecule has 0 saturated carbocycles. The highest BCUT2D eigenvalue weighted by molar-refractivity contribution is 7.89. The predicted octanol–water partition coefficient (Wildman–Crippen LogP) is 2.36. The first-order chi connectivity index (χ1) is 13.5. The molecule has 1 aliphatic heterocycles. The standard InChI is InChI=1S/C20H21N5O2S/c1-16-4-6-18(7-5-16)28(26,27)25-13-11-24(12-14-25)20-9-8-19(22-23-20)17-3-2-10-21-15-17/h2-10,15H,11-14H2,1H3. The van der Waals surface area contributed by atoms with E-state index < -0.39 is 10.0 Å². The Morgan fingerprint density at radius 1 is 0.893 bits per heavy atom. The van der Waals surface area contributed by atoms with Gasteiger partial charge < -0.3 is 4.90 Å². The number of pyridine rings is 1. The maximum Gasteiger partial charge on any atom is 0.243 e.